The van der Waals surface area contributed by atoms with Gasteiger partial charge in [0, 0.05) is 12.2 Å². The molecule has 1 aromatic rings. The smallest absolute Gasteiger partial charge is 0.240 e. The Bertz CT molecular complexity index is 545. The average Bonchev–Trinajstić information content (AvgIpc) is 2.24. The first-order chi connectivity index (χ1) is 8.54. The van der Waals surface area contributed by atoms with Crippen LogP contribution in [0.3, 0.4) is 0 Å². The largest absolute Gasteiger partial charge is 0.399 e. The average molecular weight is 284 g/mol. The number of nitrogens with two attached hydrogens (primary N) is 1. The molecule has 19 heavy (non-hydrogen) atoms. The number of hydrogen-bond donors (Lipinski definition) is 2. The van der Waals surface area contributed by atoms with Crippen LogP contribution in [0.4, 0.5) is 5.69 Å². The Morgan fingerprint density at radius 2 is 1.89 bits per heavy atom. The van der Waals surface area contributed by atoms with Crippen LogP contribution in [0.2, 0.25) is 0 Å². The number of nitrogen functional groups attached to an aromatic ring is 1. The lowest BCUT2D eigenvalue weighted by Gasteiger charge is -2.27. The van der Waals surface area contributed by atoms with Gasteiger partial charge in [-0.15, -0.1) is 0 Å². The van der Waals surface area contributed by atoms with Crippen molar-refractivity contribution in [1.82, 2.24) is 4.72 Å². The second-order valence-electron chi connectivity index (χ2n) is 6.14. The van der Waals surface area contributed by atoms with Crippen LogP contribution in [0.25, 0.3) is 0 Å². The highest BCUT2D eigenvalue weighted by Gasteiger charge is 2.23. The van der Waals surface area contributed by atoms with Crippen LogP contribution in [0.1, 0.15) is 33.3 Å². The summed E-state index contributed by atoms with van der Waals surface area (Å²) in [6.07, 6.45) is 0. The molecule has 0 aliphatic rings. The summed E-state index contributed by atoms with van der Waals surface area (Å²) >= 11 is 0. The van der Waals surface area contributed by atoms with E-state index in [0.29, 0.717) is 22.7 Å². The Balaban J connectivity index is 2.88. The number of nitrogens with one attached hydrogen (secondary N) is 1. The Kier molecular flexibility index (Phi) is 4.63. The highest BCUT2D eigenvalue weighted by atomic mass is 32.2. The standard InChI is InChI=1S/C14H24N2O2S/c1-10-8-12(15)6-7-13(10)19(17,18)16-9-11(2)14(3,4)5/h6-8,11,16H,9,15H2,1-5H3. The van der Waals surface area contributed by atoms with Crippen LogP contribution >= 0.6 is 0 Å². The fourth-order valence-electron chi connectivity index (χ4n) is 1.59. The van der Waals surface area contributed by atoms with Crippen molar-refractivity contribution >= 4 is 15.7 Å². The molecule has 1 atom stereocenters. The second kappa shape index (κ2) is 5.51. The van der Waals surface area contributed by atoms with Gasteiger partial charge in [-0.2, -0.15) is 0 Å². The lowest BCUT2D eigenvalue weighted by atomic mass is 9.82. The Morgan fingerprint density at radius 3 is 2.37 bits per heavy atom. The monoisotopic (exact) mass is 284 g/mol. The zero-order valence-corrected chi connectivity index (χ0v) is 13.1. The van der Waals surface area contributed by atoms with Crippen LogP contribution < -0.4 is 10.5 Å². The van der Waals surface area contributed by atoms with Crippen molar-refractivity contribution in [3.63, 3.8) is 0 Å². The van der Waals surface area contributed by atoms with E-state index in [0.717, 1.165) is 0 Å². The van der Waals surface area contributed by atoms with Crippen molar-refractivity contribution in [1.29, 1.82) is 0 Å². The van der Waals surface area contributed by atoms with Crippen molar-refractivity contribution in [2.24, 2.45) is 11.3 Å². The molecule has 108 valence electrons. The van der Waals surface area contributed by atoms with E-state index in [9.17, 15) is 8.42 Å². The molecule has 0 spiro atoms. The second-order valence-corrected chi connectivity index (χ2v) is 7.88. The molecular weight excluding hydrogens is 260 g/mol. The quantitative estimate of drug-likeness (QED) is 0.835. The van der Waals surface area contributed by atoms with Gasteiger partial charge < -0.3 is 5.73 Å². The van der Waals surface area contributed by atoms with Crippen LogP contribution in [0, 0.1) is 18.3 Å². The summed E-state index contributed by atoms with van der Waals surface area (Å²) < 4.78 is 27.2. The van der Waals surface area contributed by atoms with Crippen molar-refractivity contribution < 1.29 is 8.42 Å². The van der Waals surface area contributed by atoms with Gasteiger partial charge in [0.25, 0.3) is 0 Å². The molecule has 0 saturated carbocycles. The van der Waals surface area contributed by atoms with E-state index in [1.165, 1.54) is 0 Å². The van der Waals surface area contributed by atoms with E-state index in [-0.39, 0.29) is 11.3 Å². The van der Waals surface area contributed by atoms with Crippen LogP contribution in [-0.4, -0.2) is 15.0 Å². The summed E-state index contributed by atoms with van der Waals surface area (Å²) in [5, 5.41) is 0. The predicted octanol–water partition coefficient (Wildman–Crippen LogP) is 2.54. The first-order valence-corrected chi connectivity index (χ1v) is 7.88. The van der Waals surface area contributed by atoms with E-state index < -0.39 is 10.0 Å². The maximum absolute atomic E-state index is 12.2. The molecule has 1 rings (SSSR count). The highest BCUT2D eigenvalue weighted by molar-refractivity contribution is 7.89. The van der Waals surface area contributed by atoms with E-state index in [2.05, 4.69) is 25.5 Å². The Morgan fingerprint density at radius 1 is 1.32 bits per heavy atom. The molecule has 0 bridgehead atoms. The molecule has 0 heterocycles. The number of sulfonamides is 1. The summed E-state index contributed by atoms with van der Waals surface area (Å²) in [6.45, 7) is 10.5. The zero-order valence-electron chi connectivity index (χ0n) is 12.3. The fraction of sp³-hybridized carbons (Fsp3) is 0.571. The van der Waals surface area contributed by atoms with E-state index in [1.807, 2.05) is 6.92 Å². The third-order valence-electron chi connectivity index (χ3n) is 3.55. The molecule has 4 nitrogen and oxygen atoms in total. The molecule has 3 N–H and O–H groups in total. The first kappa shape index (κ1) is 16.0. The highest BCUT2D eigenvalue weighted by Crippen LogP contribution is 2.25. The van der Waals surface area contributed by atoms with Gasteiger partial charge in [0.2, 0.25) is 10.0 Å². The molecular formula is C14H24N2O2S. The number of benzene rings is 1. The molecule has 0 aromatic heterocycles. The van der Waals surface area contributed by atoms with Gasteiger partial charge in [-0.1, -0.05) is 27.7 Å². The predicted molar refractivity (Wildman–Crippen MR) is 79.4 cm³/mol. The summed E-state index contributed by atoms with van der Waals surface area (Å²) in [4.78, 5) is 0.294. The van der Waals surface area contributed by atoms with Crippen LogP contribution in [0.15, 0.2) is 23.1 Å². The van der Waals surface area contributed by atoms with Gasteiger partial charge >= 0.3 is 0 Å². The molecule has 1 unspecified atom stereocenters. The van der Waals surface area contributed by atoms with E-state index in [4.69, 9.17) is 5.73 Å². The van der Waals surface area contributed by atoms with Crippen molar-refractivity contribution in [3.05, 3.63) is 23.8 Å². The molecule has 0 saturated heterocycles. The summed E-state index contributed by atoms with van der Waals surface area (Å²) in [5.74, 6) is 0.247. The molecule has 0 amide bonds. The minimum atomic E-state index is -3.47. The van der Waals surface area contributed by atoms with Gasteiger partial charge in [-0.25, -0.2) is 13.1 Å². The Labute approximate surface area is 116 Å². The van der Waals surface area contributed by atoms with Gasteiger partial charge in [0.1, 0.15) is 0 Å². The SMILES string of the molecule is Cc1cc(N)ccc1S(=O)(=O)NCC(C)C(C)(C)C. The molecule has 0 radical (unpaired) electrons. The van der Waals surface area contributed by atoms with E-state index >= 15 is 0 Å². The third kappa shape index (κ3) is 4.21. The molecule has 5 heteroatoms. The van der Waals surface area contributed by atoms with Crippen molar-refractivity contribution in [2.45, 2.75) is 39.5 Å². The third-order valence-corrected chi connectivity index (χ3v) is 5.13. The van der Waals surface area contributed by atoms with E-state index in [1.54, 1.807) is 25.1 Å². The molecule has 1 aromatic carbocycles. The summed E-state index contributed by atoms with van der Waals surface area (Å²) in [7, 11) is -3.47. The molecule has 0 aliphatic heterocycles. The van der Waals surface area contributed by atoms with Gasteiger partial charge in [-0.05, 0) is 42.0 Å². The van der Waals surface area contributed by atoms with Crippen LogP contribution in [-0.2, 0) is 10.0 Å². The van der Waals surface area contributed by atoms with Gasteiger partial charge in [0.05, 0.1) is 4.90 Å². The maximum Gasteiger partial charge on any atom is 0.240 e. The maximum atomic E-state index is 12.2. The molecule has 0 fully saturated rings. The first-order valence-electron chi connectivity index (χ1n) is 6.40. The summed E-state index contributed by atoms with van der Waals surface area (Å²) in [6, 6.07) is 4.82. The van der Waals surface area contributed by atoms with Gasteiger partial charge in [0.15, 0.2) is 0 Å². The Hall–Kier alpha value is -1.07. The number of hydrogen-bond acceptors (Lipinski definition) is 3. The lowest BCUT2D eigenvalue weighted by Crippen LogP contribution is -2.34. The minimum absolute atomic E-state index is 0.0681. The van der Waals surface area contributed by atoms with Crippen molar-refractivity contribution in [2.75, 3.05) is 12.3 Å². The number of rotatable bonds is 4. The molecule has 0 aliphatic carbocycles. The fourth-order valence-corrected chi connectivity index (χ4v) is 2.95. The number of aryl methyl sites for hydroxylation is 1. The van der Waals surface area contributed by atoms with Crippen molar-refractivity contribution in [3.8, 4) is 0 Å². The van der Waals surface area contributed by atoms with Gasteiger partial charge in [-0.3, -0.25) is 0 Å². The lowest BCUT2D eigenvalue weighted by molar-refractivity contribution is 0.263. The zero-order chi connectivity index (χ0) is 14.8. The normalized spacial score (nSPS) is 14.4. The number of anilines is 1. The topological polar surface area (TPSA) is 72.2 Å². The summed E-state index contributed by atoms with van der Waals surface area (Å²) in [5.41, 5.74) is 6.93. The minimum Gasteiger partial charge on any atom is -0.399 e. The van der Waals surface area contributed by atoms with Crippen LogP contribution in [0.5, 0.6) is 0 Å².